The summed E-state index contributed by atoms with van der Waals surface area (Å²) in [6, 6.07) is 6.13. The number of nitrogens with zero attached hydrogens (tertiary/aromatic N) is 2. The van der Waals surface area contributed by atoms with Crippen molar-refractivity contribution in [1.82, 2.24) is 9.80 Å². The standard InChI is InChI=1S/C17H22N4O4/c1-11(2)20-8-7-16(24)21(17(20)25)10-15(23)19-14-6-4-5-13(9-14)18-12(3)22/h4-6,9,11H,7-8,10H2,1-3H3,(H,18,22)(H,19,23). The molecule has 1 fully saturated rings. The number of benzene rings is 1. The van der Waals surface area contributed by atoms with Crippen LogP contribution in [0, 0.1) is 0 Å². The minimum Gasteiger partial charge on any atom is -0.326 e. The van der Waals surface area contributed by atoms with Crippen molar-refractivity contribution in [3.8, 4) is 0 Å². The van der Waals surface area contributed by atoms with Crippen LogP contribution in [0.3, 0.4) is 0 Å². The van der Waals surface area contributed by atoms with Gasteiger partial charge in [0.05, 0.1) is 0 Å². The molecule has 0 atom stereocenters. The molecule has 1 heterocycles. The molecular formula is C17H22N4O4. The van der Waals surface area contributed by atoms with Gasteiger partial charge in [0, 0.05) is 37.3 Å². The molecule has 2 rings (SSSR count). The quantitative estimate of drug-likeness (QED) is 0.847. The molecule has 1 aliphatic heterocycles. The first-order valence-corrected chi connectivity index (χ1v) is 8.06. The summed E-state index contributed by atoms with van der Waals surface area (Å²) in [5, 5.41) is 5.25. The third-order valence-electron chi connectivity index (χ3n) is 3.74. The Bertz CT molecular complexity index is 702. The summed E-state index contributed by atoms with van der Waals surface area (Å²) in [6.07, 6.45) is 0.204. The van der Waals surface area contributed by atoms with Gasteiger partial charge < -0.3 is 15.5 Å². The Morgan fingerprint density at radius 3 is 2.40 bits per heavy atom. The monoisotopic (exact) mass is 346 g/mol. The van der Waals surface area contributed by atoms with Gasteiger partial charge in [0.1, 0.15) is 6.54 Å². The van der Waals surface area contributed by atoms with Crippen molar-refractivity contribution in [3.05, 3.63) is 24.3 Å². The van der Waals surface area contributed by atoms with Crippen molar-refractivity contribution >= 4 is 35.1 Å². The Morgan fingerprint density at radius 1 is 1.16 bits per heavy atom. The maximum absolute atomic E-state index is 12.3. The SMILES string of the molecule is CC(=O)Nc1cccc(NC(=O)CN2C(=O)CCN(C(C)C)C2=O)c1. The smallest absolute Gasteiger partial charge is 0.326 e. The van der Waals surface area contributed by atoms with Gasteiger partial charge in [-0.15, -0.1) is 0 Å². The molecule has 0 aromatic heterocycles. The first-order chi connectivity index (χ1) is 11.8. The van der Waals surface area contributed by atoms with Crippen LogP contribution >= 0.6 is 0 Å². The second-order valence-electron chi connectivity index (χ2n) is 6.11. The first-order valence-electron chi connectivity index (χ1n) is 8.06. The molecule has 8 heteroatoms. The number of urea groups is 1. The fourth-order valence-corrected chi connectivity index (χ4v) is 2.57. The van der Waals surface area contributed by atoms with Crippen molar-refractivity contribution in [2.24, 2.45) is 0 Å². The molecule has 0 unspecified atom stereocenters. The second kappa shape index (κ2) is 7.78. The van der Waals surface area contributed by atoms with E-state index in [-0.39, 0.29) is 30.8 Å². The highest BCUT2D eigenvalue weighted by Gasteiger charge is 2.34. The topological polar surface area (TPSA) is 98.8 Å². The molecule has 0 radical (unpaired) electrons. The number of carbonyl (C=O) groups excluding carboxylic acids is 4. The largest absolute Gasteiger partial charge is 0.327 e. The molecule has 1 aromatic rings. The highest BCUT2D eigenvalue weighted by molar-refractivity contribution is 6.03. The van der Waals surface area contributed by atoms with Gasteiger partial charge in [0.25, 0.3) is 0 Å². The fourth-order valence-electron chi connectivity index (χ4n) is 2.57. The van der Waals surface area contributed by atoms with Crippen LogP contribution in [-0.2, 0) is 14.4 Å². The summed E-state index contributed by atoms with van der Waals surface area (Å²) in [5.41, 5.74) is 1.01. The molecule has 1 aromatic carbocycles. The third-order valence-corrected chi connectivity index (χ3v) is 3.74. The van der Waals surface area contributed by atoms with E-state index in [9.17, 15) is 19.2 Å². The van der Waals surface area contributed by atoms with Crippen molar-refractivity contribution in [3.63, 3.8) is 0 Å². The number of nitrogens with one attached hydrogen (secondary N) is 2. The summed E-state index contributed by atoms with van der Waals surface area (Å²) in [4.78, 5) is 50.2. The molecule has 0 saturated carbocycles. The number of amides is 5. The minimum absolute atomic E-state index is 0.0412. The average Bonchev–Trinajstić information content (AvgIpc) is 2.50. The molecule has 1 aliphatic rings. The maximum Gasteiger partial charge on any atom is 0.327 e. The Balaban J connectivity index is 2.02. The molecular weight excluding hydrogens is 324 g/mol. The molecule has 8 nitrogen and oxygen atoms in total. The lowest BCUT2D eigenvalue weighted by Crippen LogP contribution is -2.56. The number of imide groups is 1. The summed E-state index contributed by atoms with van der Waals surface area (Å²) < 4.78 is 0. The minimum atomic E-state index is -0.479. The molecule has 1 saturated heterocycles. The van der Waals surface area contributed by atoms with Crippen molar-refractivity contribution in [1.29, 1.82) is 0 Å². The van der Waals surface area contributed by atoms with E-state index in [1.54, 1.807) is 29.2 Å². The van der Waals surface area contributed by atoms with Crippen LogP contribution in [0.15, 0.2) is 24.3 Å². The van der Waals surface area contributed by atoms with E-state index in [0.29, 0.717) is 17.9 Å². The number of hydrogen-bond donors (Lipinski definition) is 2. The normalized spacial score (nSPS) is 14.7. The van der Waals surface area contributed by atoms with E-state index in [1.807, 2.05) is 13.8 Å². The Kier molecular flexibility index (Phi) is 5.74. The van der Waals surface area contributed by atoms with E-state index in [0.717, 1.165) is 4.90 Å². The van der Waals surface area contributed by atoms with E-state index >= 15 is 0 Å². The zero-order chi connectivity index (χ0) is 18.6. The predicted molar refractivity (Wildman–Crippen MR) is 92.9 cm³/mol. The Labute approximate surface area is 146 Å². The third kappa shape index (κ3) is 4.79. The Morgan fingerprint density at radius 2 is 1.80 bits per heavy atom. The lowest BCUT2D eigenvalue weighted by Gasteiger charge is -2.36. The van der Waals surface area contributed by atoms with Gasteiger partial charge >= 0.3 is 6.03 Å². The van der Waals surface area contributed by atoms with Gasteiger partial charge in [-0.25, -0.2) is 4.79 Å². The number of rotatable bonds is 5. The van der Waals surface area contributed by atoms with Gasteiger partial charge in [-0.2, -0.15) is 0 Å². The summed E-state index contributed by atoms with van der Waals surface area (Å²) in [5.74, 6) is -1.06. The predicted octanol–water partition coefficient (Wildman–Crippen LogP) is 1.65. The summed E-state index contributed by atoms with van der Waals surface area (Å²) in [7, 11) is 0. The Hall–Kier alpha value is -2.90. The molecule has 134 valence electrons. The number of hydrogen-bond acceptors (Lipinski definition) is 4. The van der Waals surface area contributed by atoms with Crippen molar-refractivity contribution < 1.29 is 19.2 Å². The summed E-state index contributed by atoms with van der Waals surface area (Å²) in [6.45, 7) is 5.13. The van der Waals surface area contributed by atoms with E-state index < -0.39 is 11.9 Å². The van der Waals surface area contributed by atoms with Crippen molar-refractivity contribution in [2.75, 3.05) is 23.7 Å². The van der Waals surface area contributed by atoms with Crippen LogP contribution in [0.4, 0.5) is 16.2 Å². The fraction of sp³-hybridized carbons (Fsp3) is 0.412. The molecule has 2 N–H and O–H groups in total. The van der Waals surface area contributed by atoms with Crippen LogP contribution in [0.1, 0.15) is 27.2 Å². The first kappa shape index (κ1) is 18.4. The zero-order valence-electron chi connectivity index (χ0n) is 14.5. The van der Waals surface area contributed by atoms with Gasteiger partial charge in [-0.3, -0.25) is 19.3 Å². The van der Waals surface area contributed by atoms with Gasteiger partial charge in [-0.05, 0) is 32.0 Å². The van der Waals surface area contributed by atoms with Gasteiger partial charge in [0.15, 0.2) is 0 Å². The molecule has 5 amide bonds. The van der Waals surface area contributed by atoms with Crippen LogP contribution < -0.4 is 10.6 Å². The van der Waals surface area contributed by atoms with E-state index in [2.05, 4.69) is 10.6 Å². The van der Waals surface area contributed by atoms with Crippen molar-refractivity contribution in [2.45, 2.75) is 33.2 Å². The van der Waals surface area contributed by atoms with Crippen LogP contribution in [0.25, 0.3) is 0 Å². The molecule has 0 spiro atoms. The van der Waals surface area contributed by atoms with Gasteiger partial charge in [0.2, 0.25) is 17.7 Å². The molecule has 0 aliphatic carbocycles. The summed E-state index contributed by atoms with van der Waals surface area (Å²) >= 11 is 0. The maximum atomic E-state index is 12.3. The van der Waals surface area contributed by atoms with E-state index in [4.69, 9.17) is 0 Å². The average molecular weight is 346 g/mol. The highest BCUT2D eigenvalue weighted by Crippen LogP contribution is 2.16. The van der Waals surface area contributed by atoms with Crippen LogP contribution in [-0.4, -0.2) is 52.7 Å². The zero-order valence-corrected chi connectivity index (χ0v) is 14.5. The second-order valence-corrected chi connectivity index (χ2v) is 6.11. The highest BCUT2D eigenvalue weighted by atomic mass is 16.2. The lowest BCUT2D eigenvalue weighted by atomic mass is 10.2. The molecule has 25 heavy (non-hydrogen) atoms. The van der Waals surface area contributed by atoms with Crippen LogP contribution in [0.2, 0.25) is 0 Å². The number of anilines is 2. The lowest BCUT2D eigenvalue weighted by molar-refractivity contribution is -0.134. The molecule has 0 bridgehead atoms. The van der Waals surface area contributed by atoms with E-state index in [1.165, 1.54) is 6.92 Å². The van der Waals surface area contributed by atoms with Crippen LogP contribution in [0.5, 0.6) is 0 Å². The number of carbonyl (C=O) groups is 4. The van der Waals surface area contributed by atoms with Gasteiger partial charge in [-0.1, -0.05) is 6.07 Å².